The van der Waals surface area contributed by atoms with Crippen molar-refractivity contribution in [3.8, 4) is 10.6 Å². The van der Waals surface area contributed by atoms with E-state index in [-0.39, 0.29) is 0 Å². The second kappa shape index (κ2) is 3.57. The number of halogens is 1. The fraction of sp³-hybridized carbons (Fsp3) is 0. The number of benzene rings is 1. The maximum Gasteiger partial charge on any atom is 0.181 e. The lowest BCUT2D eigenvalue weighted by Crippen LogP contribution is -1.84. The first kappa shape index (κ1) is 9.80. The van der Waals surface area contributed by atoms with Gasteiger partial charge in [-0.1, -0.05) is 0 Å². The lowest BCUT2D eigenvalue weighted by molar-refractivity contribution is 0.602. The van der Waals surface area contributed by atoms with Crippen LogP contribution in [0.2, 0.25) is 0 Å². The van der Waals surface area contributed by atoms with Gasteiger partial charge in [-0.05, 0) is 34.1 Å². The molecular weight excluding hydrogens is 290 g/mol. The maximum atomic E-state index is 5.69. The first-order valence-corrected chi connectivity index (χ1v) is 6.10. The van der Waals surface area contributed by atoms with E-state index < -0.39 is 0 Å². The zero-order valence-electron chi connectivity index (χ0n) is 7.98. The number of anilines is 1. The highest BCUT2D eigenvalue weighted by molar-refractivity contribution is 9.11. The van der Waals surface area contributed by atoms with E-state index in [1.54, 1.807) is 0 Å². The largest absolute Gasteiger partial charge is 0.443 e. The quantitative estimate of drug-likeness (QED) is 0.748. The van der Waals surface area contributed by atoms with Crippen LogP contribution in [0.5, 0.6) is 0 Å². The molecule has 0 unspecified atom stereocenters. The summed E-state index contributed by atoms with van der Waals surface area (Å²) >= 11 is 4.85. The van der Waals surface area contributed by atoms with Crippen LogP contribution in [0.25, 0.3) is 21.7 Å². The smallest absolute Gasteiger partial charge is 0.181 e. The molecule has 4 nitrogen and oxygen atoms in total. The van der Waals surface area contributed by atoms with Gasteiger partial charge in [-0.15, -0.1) is 11.3 Å². The van der Waals surface area contributed by atoms with Gasteiger partial charge < -0.3 is 10.2 Å². The van der Waals surface area contributed by atoms with Crippen molar-refractivity contribution in [3.63, 3.8) is 0 Å². The number of rotatable bonds is 1. The van der Waals surface area contributed by atoms with E-state index in [0.29, 0.717) is 5.82 Å². The number of fused-ring (bicyclic) bond motifs is 1. The first-order chi connectivity index (χ1) is 7.74. The van der Waals surface area contributed by atoms with E-state index in [2.05, 4.69) is 25.9 Å². The summed E-state index contributed by atoms with van der Waals surface area (Å²) in [6.07, 6.45) is 1.43. The van der Waals surface area contributed by atoms with E-state index >= 15 is 0 Å². The molecule has 0 spiro atoms. The summed E-state index contributed by atoms with van der Waals surface area (Å²) in [7, 11) is 0. The Morgan fingerprint density at radius 1 is 1.38 bits per heavy atom. The maximum absolute atomic E-state index is 5.69. The van der Waals surface area contributed by atoms with Crippen LogP contribution >= 0.6 is 27.3 Å². The highest BCUT2D eigenvalue weighted by Crippen LogP contribution is 2.34. The molecule has 3 aromatic rings. The van der Waals surface area contributed by atoms with Gasteiger partial charge in [-0.3, -0.25) is 0 Å². The standard InChI is InChI=1S/C10H6BrN3OS/c11-8-9(12)14-10(16-8)5-1-2-6-7(3-5)15-4-13-6/h1-4H,12H2. The molecule has 80 valence electrons. The third-order valence-corrected chi connectivity index (χ3v) is 3.99. The number of nitrogens with two attached hydrogens (primary N) is 1. The van der Waals surface area contributed by atoms with Crippen LogP contribution < -0.4 is 5.73 Å². The normalized spacial score (nSPS) is 11.1. The van der Waals surface area contributed by atoms with Gasteiger partial charge >= 0.3 is 0 Å². The summed E-state index contributed by atoms with van der Waals surface area (Å²) in [5, 5.41) is 0.864. The van der Waals surface area contributed by atoms with Crippen LogP contribution in [-0.4, -0.2) is 9.97 Å². The van der Waals surface area contributed by atoms with E-state index in [1.807, 2.05) is 18.2 Å². The zero-order valence-corrected chi connectivity index (χ0v) is 10.4. The van der Waals surface area contributed by atoms with E-state index in [4.69, 9.17) is 10.2 Å². The Labute approximate surface area is 103 Å². The molecule has 0 saturated carbocycles. The average molecular weight is 296 g/mol. The number of hydrogen-bond donors (Lipinski definition) is 1. The van der Waals surface area contributed by atoms with Gasteiger partial charge in [-0.25, -0.2) is 9.97 Å². The van der Waals surface area contributed by atoms with Gasteiger partial charge in [0.2, 0.25) is 0 Å². The number of thiazole rings is 1. The van der Waals surface area contributed by atoms with Crippen molar-refractivity contribution in [2.75, 3.05) is 5.73 Å². The summed E-state index contributed by atoms with van der Waals surface area (Å²) in [6.45, 7) is 0. The zero-order chi connectivity index (χ0) is 11.1. The second-order valence-electron chi connectivity index (χ2n) is 3.21. The fourth-order valence-corrected chi connectivity index (χ4v) is 2.68. The molecule has 0 aliphatic rings. The van der Waals surface area contributed by atoms with E-state index in [1.165, 1.54) is 17.7 Å². The highest BCUT2D eigenvalue weighted by atomic mass is 79.9. The van der Waals surface area contributed by atoms with Crippen LogP contribution in [-0.2, 0) is 0 Å². The van der Waals surface area contributed by atoms with Crippen LogP contribution in [0.4, 0.5) is 5.82 Å². The predicted octanol–water partition coefficient (Wildman–Crippen LogP) is 3.30. The Kier molecular flexibility index (Phi) is 2.19. The molecule has 0 bridgehead atoms. The number of nitrogens with zero attached hydrogens (tertiary/aromatic N) is 2. The lowest BCUT2D eigenvalue weighted by atomic mass is 10.2. The minimum atomic E-state index is 0.512. The fourth-order valence-electron chi connectivity index (χ4n) is 1.42. The Morgan fingerprint density at radius 3 is 3.00 bits per heavy atom. The number of hydrogen-bond acceptors (Lipinski definition) is 5. The van der Waals surface area contributed by atoms with Gasteiger partial charge in [-0.2, -0.15) is 0 Å². The second-order valence-corrected chi connectivity index (χ2v) is 5.53. The molecule has 2 N–H and O–H groups in total. The van der Waals surface area contributed by atoms with Crippen LogP contribution in [0.3, 0.4) is 0 Å². The number of aromatic nitrogens is 2. The predicted molar refractivity (Wildman–Crippen MR) is 67.2 cm³/mol. The Bertz CT molecular complexity index is 641. The molecule has 3 rings (SSSR count). The SMILES string of the molecule is Nc1nc(-c2ccc3ncoc3c2)sc1Br. The van der Waals surface area contributed by atoms with Crippen molar-refractivity contribution in [1.29, 1.82) is 0 Å². The summed E-state index contributed by atoms with van der Waals surface area (Å²) < 4.78 is 6.09. The summed E-state index contributed by atoms with van der Waals surface area (Å²) in [4.78, 5) is 8.32. The molecule has 0 amide bonds. The molecule has 0 aliphatic carbocycles. The Hall–Kier alpha value is -1.40. The Balaban J connectivity index is 2.17. The summed E-state index contributed by atoms with van der Waals surface area (Å²) in [5.41, 5.74) is 8.26. The van der Waals surface area contributed by atoms with Gasteiger partial charge in [0.1, 0.15) is 20.1 Å². The molecule has 6 heteroatoms. The van der Waals surface area contributed by atoms with Crippen molar-refractivity contribution in [1.82, 2.24) is 9.97 Å². The monoisotopic (exact) mass is 295 g/mol. The molecule has 1 aromatic carbocycles. The van der Waals surface area contributed by atoms with Crippen molar-refractivity contribution >= 4 is 44.2 Å². The highest BCUT2D eigenvalue weighted by Gasteiger charge is 2.09. The first-order valence-electron chi connectivity index (χ1n) is 4.49. The van der Waals surface area contributed by atoms with Crippen LogP contribution in [0.15, 0.2) is 32.8 Å². The van der Waals surface area contributed by atoms with Crippen molar-refractivity contribution in [2.24, 2.45) is 0 Å². The van der Waals surface area contributed by atoms with Crippen molar-refractivity contribution in [2.45, 2.75) is 0 Å². The topological polar surface area (TPSA) is 64.9 Å². The van der Waals surface area contributed by atoms with Crippen molar-refractivity contribution in [3.05, 3.63) is 28.4 Å². The third kappa shape index (κ3) is 1.50. The van der Waals surface area contributed by atoms with Gasteiger partial charge in [0.25, 0.3) is 0 Å². The minimum absolute atomic E-state index is 0.512. The molecule has 2 aromatic heterocycles. The minimum Gasteiger partial charge on any atom is -0.443 e. The summed E-state index contributed by atoms with van der Waals surface area (Å²) in [6, 6.07) is 5.77. The lowest BCUT2D eigenvalue weighted by Gasteiger charge is -1.94. The van der Waals surface area contributed by atoms with Gasteiger partial charge in [0.15, 0.2) is 12.0 Å². The van der Waals surface area contributed by atoms with E-state index in [9.17, 15) is 0 Å². The summed E-state index contributed by atoms with van der Waals surface area (Å²) in [5.74, 6) is 0.512. The third-order valence-electron chi connectivity index (χ3n) is 2.19. The molecule has 0 saturated heterocycles. The molecule has 0 fully saturated rings. The molecule has 16 heavy (non-hydrogen) atoms. The number of oxazole rings is 1. The van der Waals surface area contributed by atoms with Crippen LogP contribution in [0, 0.1) is 0 Å². The molecule has 0 radical (unpaired) electrons. The van der Waals surface area contributed by atoms with Crippen molar-refractivity contribution < 1.29 is 4.42 Å². The van der Waals surface area contributed by atoms with Gasteiger partial charge in [0, 0.05) is 5.56 Å². The van der Waals surface area contributed by atoms with Crippen LogP contribution in [0.1, 0.15) is 0 Å². The average Bonchev–Trinajstić information content (AvgIpc) is 2.85. The Morgan fingerprint density at radius 2 is 2.25 bits per heavy atom. The van der Waals surface area contributed by atoms with Gasteiger partial charge in [0.05, 0.1) is 0 Å². The number of nitrogen functional groups attached to an aromatic ring is 1. The molecular formula is C10H6BrN3OS. The molecule has 0 aliphatic heterocycles. The molecule has 2 heterocycles. The molecule has 0 atom stereocenters. The van der Waals surface area contributed by atoms with E-state index in [0.717, 1.165) is 25.5 Å².